The maximum atomic E-state index is 5.95. The van der Waals surface area contributed by atoms with Crippen LogP contribution in [-0.2, 0) is 0 Å². The fourth-order valence-corrected chi connectivity index (χ4v) is 3.72. The fourth-order valence-electron chi connectivity index (χ4n) is 2.46. The number of aryl methyl sites for hydroxylation is 1. The highest BCUT2D eigenvalue weighted by Gasteiger charge is 2.35. The Balaban J connectivity index is 1.47. The SMILES string of the molecule is Cc1ccc(OC2CN(C3CCSC3)C2)cc1. The van der Waals surface area contributed by atoms with Gasteiger partial charge < -0.3 is 4.74 Å². The van der Waals surface area contributed by atoms with E-state index in [1.165, 1.54) is 23.5 Å². The Morgan fingerprint density at radius 1 is 1.24 bits per heavy atom. The zero-order chi connectivity index (χ0) is 11.7. The summed E-state index contributed by atoms with van der Waals surface area (Å²) >= 11 is 2.08. The van der Waals surface area contributed by atoms with Gasteiger partial charge in [0, 0.05) is 24.9 Å². The minimum atomic E-state index is 0.406. The van der Waals surface area contributed by atoms with Crippen molar-refractivity contribution in [3.63, 3.8) is 0 Å². The molecule has 0 aromatic heterocycles. The van der Waals surface area contributed by atoms with Gasteiger partial charge in [0.25, 0.3) is 0 Å². The van der Waals surface area contributed by atoms with E-state index in [-0.39, 0.29) is 0 Å². The van der Waals surface area contributed by atoms with Crippen molar-refractivity contribution in [3.05, 3.63) is 29.8 Å². The predicted molar refractivity (Wildman–Crippen MR) is 72.9 cm³/mol. The third kappa shape index (κ3) is 2.61. The summed E-state index contributed by atoms with van der Waals surface area (Å²) in [6.45, 7) is 4.32. The molecule has 1 aromatic carbocycles. The first kappa shape index (κ1) is 11.4. The summed E-state index contributed by atoms with van der Waals surface area (Å²) in [7, 11) is 0. The maximum Gasteiger partial charge on any atom is 0.124 e. The molecule has 2 aliphatic heterocycles. The third-order valence-corrected chi connectivity index (χ3v) is 4.77. The van der Waals surface area contributed by atoms with Crippen LogP contribution >= 0.6 is 11.8 Å². The first-order valence-electron chi connectivity index (χ1n) is 6.36. The number of thioether (sulfide) groups is 1. The number of hydrogen-bond acceptors (Lipinski definition) is 3. The number of rotatable bonds is 3. The Morgan fingerprint density at radius 3 is 2.65 bits per heavy atom. The van der Waals surface area contributed by atoms with Crippen LogP contribution in [-0.4, -0.2) is 41.6 Å². The molecule has 0 radical (unpaired) electrons. The van der Waals surface area contributed by atoms with Crippen molar-refractivity contribution < 1.29 is 4.74 Å². The minimum Gasteiger partial charge on any atom is -0.488 e. The molecule has 2 aliphatic rings. The molecule has 92 valence electrons. The van der Waals surface area contributed by atoms with Crippen molar-refractivity contribution in [2.24, 2.45) is 0 Å². The smallest absolute Gasteiger partial charge is 0.124 e. The van der Waals surface area contributed by atoms with Gasteiger partial charge in [-0.3, -0.25) is 4.90 Å². The molecular formula is C14H19NOS. The number of likely N-dealkylation sites (tertiary alicyclic amines) is 1. The van der Waals surface area contributed by atoms with Gasteiger partial charge >= 0.3 is 0 Å². The Morgan fingerprint density at radius 2 is 2.00 bits per heavy atom. The largest absolute Gasteiger partial charge is 0.488 e. The molecule has 2 fully saturated rings. The molecule has 1 atom stereocenters. The summed E-state index contributed by atoms with van der Waals surface area (Å²) in [6.07, 6.45) is 1.77. The lowest BCUT2D eigenvalue weighted by Crippen LogP contribution is -2.57. The molecule has 0 bridgehead atoms. The van der Waals surface area contributed by atoms with E-state index < -0.39 is 0 Å². The van der Waals surface area contributed by atoms with Crippen LogP contribution in [0.2, 0.25) is 0 Å². The van der Waals surface area contributed by atoms with Crippen molar-refractivity contribution in [1.29, 1.82) is 0 Å². The summed E-state index contributed by atoms with van der Waals surface area (Å²) in [6, 6.07) is 9.18. The highest BCUT2D eigenvalue weighted by Crippen LogP contribution is 2.27. The van der Waals surface area contributed by atoms with E-state index in [2.05, 4.69) is 47.9 Å². The van der Waals surface area contributed by atoms with Crippen LogP contribution in [0.5, 0.6) is 5.75 Å². The zero-order valence-corrected chi connectivity index (χ0v) is 11.1. The van der Waals surface area contributed by atoms with Crippen molar-refractivity contribution in [1.82, 2.24) is 4.90 Å². The van der Waals surface area contributed by atoms with Crippen molar-refractivity contribution in [2.45, 2.75) is 25.5 Å². The van der Waals surface area contributed by atoms with Crippen LogP contribution < -0.4 is 4.74 Å². The van der Waals surface area contributed by atoms with Crippen molar-refractivity contribution in [3.8, 4) is 5.75 Å². The van der Waals surface area contributed by atoms with Gasteiger partial charge in [0.1, 0.15) is 11.9 Å². The molecule has 3 heteroatoms. The summed E-state index contributed by atoms with van der Waals surface area (Å²) < 4.78 is 5.95. The molecule has 2 heterocycles. The molecule has 3 rings (SSSR count). The number of nitrogens with zero attached hydrogens (tertiary/aromatic N) is 1. The van der Waals surface area contributed by atoms with Crippen LogP contribution in [0.1, 0.15) is 12.0 Å². The molecule has 2 saturated heterocycles. The highest BCUT2D eigenvalue weighted by molar-refractivity contribution is 7.99. The first-order valence-corrected chi connectivity index (χ1v) is 7.52. The Labute approximate surface area is 107 Å². The van der Waals surface area contributed by atoms with E-state index in [1.54, 1.807) is 0 Å². The lowest BCUT2D eigenvalue weighted by atomic mass is 10.1. The molecule has 0 saturated carbocycles. The van der Waals surface area contributed by atoms with Gasteiger partial charge in [-0.2, -0.15) is 11.8 Å². The summed E-state index contributed by atoms with van der Waals surface area (Å²) in [5.74, 6) is 3.67. The Kier molecular flexibility index (Phi) is 3.30. The standard InChI is InChI=1S/C14H19NOS/c1-11-2-4-13(5-3-11)16-14-8-15(9-14)12-6-7-17-10-12/h2-5,12,14H,6-10H2,1H3. The lowest BCUT2D eigenvalue weighted by molar-refractivity contribution is -0.00245. The zero-order valence-electron chi connectivity index (χ0n) is 10.3. The molecule has 1 aromatic rings. The van der Waals surface area contributed by atoms with Gasteiger partial charge in [-0.1, -0.05) is 17.7 Å². The number of benzene rings is 1. The molecule has 2 nitrogen and oxygen atoms in total. The van der Waals surface area contributed by atoms with E-state index in [1.807, 2.05) is 0 Å². The number of hydrogen-bond donors (Lipinski definition) is 0. The fraction of sp³-hybridized carbons (Fsp3) is 0.571. The van der Waals surface area contributed by atoms with Crippen LogP contribution in [0, 0.1) is 6.92 Å². The Bertz CT molecular complexity index is 366. The van der Waals surface area contributed by atoms with E-state index in [4.69, 9.17) is 4.74 Å². The molecule has 0 spiro atoms. The predicted octanol–water partition coefficient (Wildman–Crippen LogP) is 2.56. The van der Waals surface area contributed by atoms with Crippen LogP contribution in [0.15, 0.2) is 24.3 Å². The van der Waals surface area contributed by atoms with Gasteiger partial charge in [0.15, 0.2) is 0 Å². The lowest BCUT2D eigenvalue weighted by Gasteiger charge is -2.42. The summed E-state index contributed by atoms with van der Waals surface area (Å²) in [5, 5.41) is 0. The third-order valence-electron chi connectivity index (χ3n) is 3.62. The van der Waals surface area contributed by atoms with Gasteiger partial charge in [0.2, 0.25) is 0 Å². The summed E-state index contributed by atoms with van der Waals surface area (Å²) in [4.78, 5) is 2.57. The molecule has 17 heavy (non-hydrogen) atoms. The van der Waals surface area contributed by atoms with E-state index in [9.17, 15) is 0 Å². The first-order chi connectivity index (χ1) is 8.31. The van der Waals surface area contributed by atoms with Crippen LogP contribution in [0.3, 0.4) is 0 Å². The average Bonchev–Trinajstić information content (AvgIpc) is 2.78. The maximum absolute atomic E-state index is 5.95. The van der Waals surface area contributed by atoms with Gasteiger partial charge in [-0.05, 0) is 31.2 Å². The quantitative estimate of drug-likeness (QED) is 0.817. The molecule has 1 unspecified atom stereocenters. The highest BCUT2D eigenvalue weighted by atomic mass is 32.2. The topological polar surface area (TPSA) is 12.5 Å². The molecule has 0 aliphatic carbocycles. The normalized spacial score (nSPS) is 25.8. The molecule has 0 amide bonds. The van der Waals surface area contributed by atoms with Gasteiger partial charge in [-0.25, -0.2) is 0 Å². The minimum absolute atomic E-state index is 0.406. The van der Waals surface area contributed by atoms with Crippen LogP contribution in [0.4, 0.5) is 0 Å². The van der Waals surface area contributed by atoms with Crippen molar-refractivity contribution in [2.75, 3.05) is 24.6 Å². The Hall–Kier alpha value is -0.670. The monoisotopic (exact) mass is 249 g/mol. The van der Waals surface area contributed by atoms with Gasteiger partial charge in [-0.15, -0.1) is 0 Å². The second-order valence-corrected chi connectivity index (χ2v) is 6.17. The van der Waals surface area contributed by atoms with Crippen molar-refractivity contribution >= 4 is 11.8 Å². The second-order valence-electron chi connectivity index (χ2n) is 5.02. The molecule has 0 N–H and O–H groups in total. The average molecular weight is 249 g/mol. The molecular weight excluding hydrogens is 230 g/mol. The summed E-state index contributed by atoms with van der Waals surface area (Å²) in [5.41, 5.74) is 1.29. The van der Waals surface area contributed by atoms with E-state index in [0.29, 0.717) is 6.10 Å². The van der Waals surface area contributed by atoms with E-state index in [0.717, 1.165) is 24.9 Å². The second kappa shape index (κ2) is 4.91. The van der Waals surface area contributed by atoms with E-state index >= 15 is 0 Å². The van der Waals surface area contributed by atoms with Crippen LogP contribution in [0.25, 0.3) is 0 Å². The van der Waals surface area contributed by atoms with Gasteiger partial charge in [0.05, 0.1) is 0 Å². The number of ether oxygens (including phenoxy) is 1.